The third kappa shape index (κ3) is 3.44. The molecule has 0 saturated carbocycles. The van der Waals surface area contributed by atoms with Crippen LogP contribution in [-0.4, -0.2) is 48.7 Å². The molecule has 2 saturated heterocycles. The van der Waals surface area contributed by atoms with E-state index in [2.05, 4.69) is 18.7 Å². The second kappa shape index (κ2) is 6.38. The molecule has 0 unspecified atom stereocenters. The van der Waals surface area contributed by atoms with Crippen LogP contribution in [0.1, 0.15) is 54.4 Å². The molecule has 0 aromatic heterocycles. The fraction of sp³-hybridized carbons (Fsp3) is 1.00. The van der Waals surface area contributed by atoms with E-state index in [0.29, 0.717) is 6.29 Å². The summed E-state index contributed by atoms with van der Waals surface area (Å²) >= 11 is 0. The van der Waals surface area contributed by atoms with Gasteiger partial charge in [0.15, 0.2) is 0 Å². The Morgan fingerprint density at radius 2 is 1.05 bits per heavy atom. The van der Waals surface area contributed by atoms with Crippen molar-refractivity contribution in [3.63, 3.8) is 0 Å². The van der Waals surface area contributed by atoms with Crippen LogP contribution in [0.5, 0.6) is 0 Å². The molecular formula is C15H32NO4P. The molecule has 2 fully saturated rings. The van der Waals surface area contributed by atoms with Gasteiger partial charge in [0.25, 0.3) is 0 Å². The van der Waals surface area contributed by atoms with Gasteiger partial charge in [-0.2, -0.15) is 0 Å². The molecule has 0 aromatic rings. The Kier molecular flexibility index (Phi) is 5.35. The molecule has 2 aliphatic rings. The van der Waals surface area contributed by atoms with E-state index in [-0.39, 0.29) is 24.4 Å². The SMILES string of the molecule is CCCN(CCC)CP12(O[C@@H](C)[C@@H](C)O1)O[C@H](C)[C@@H](C)O2. The Balaban J connectivity index is 2.25. The Morgan fingerprint density at radius 1 is 0.714 bits per heavy atom. The summed E-state index contributed by atoms with van der Waals surface area (Å²) in [5.74, 6) is 0. The summed E-state index contributed by atoms with van der Waals surface area (Å²) < 4.78 is 25.2. The van der Waals surface area contributed by atoms with Crippen molar-refractivity contribution in [1.29, 1.82) is 0 Å². The second-order valence-electron chi connectivity index (χ2n) is 6.47. The van der Waals surface area contributed by atoms with Gasteiger partial charge in [-0.1, -0.05) is 0 Å². The summed E-state index contributed by atoms with van der Waals surface area (Å²) in [6.45, 7) is 14.6. The van der Waals surface area contributed by atoms with Gasteiger partial charge in [-0.05, 0) is 0 Å². The summed E-state index contributed by atoms with van der Waals surface area (Å²) in [6.07, 6.45) is 2.84. The van der Waals surface area contributed by atoms with Gasteiger partial charge in [-0.15, -0.1) is 0 Å². The Morgan fingerprint density at radius 3 is 1.33 bits per heavy atom. The van der Waals surface area contributed by atoms with Crippen molar-refractivity contribution in [2.45, 2.75) is 78.8 Å². The zero-order valence-corrected chi connectivity index (χ0v) is 15.3. The molecule has 2 aliphatic heterocycles. The molecule has 126 valence electrons. The monoisotopic (exact) mass is 321 g/mol. The minimum atomic E-state index is -3.47. The fourth-order valence-electron chi connectivity index (χ4n) is 3.12. The number of hydrogen-bond donors (Lipinski definition) is 0. The maximum absolute atomic E-state index is 6.30. The third-order valence-electron chi connectivity index (χ3n) is 4.31. The van der Waals surface area contributed by atoms with Crippen molar-refractivity contribution in [1.82, 2.24) is 4.90 Å². The summed E-state index contributed by atoms with van der Waals surface area (Å²) in [5, 5.41) is 0. The fourth-order valence-corrected chi connectivity index (χ4v) is 7.88. The van der Waals surface area contributed by atoms with E-state index in [1.807, 2.05) is 27.7 Å². The quantitative estimate of drug-likeness (QED) is 0.693. The maximum atomic E-state index is 6.30. The van der Waals surface area contributed by atoms with Gasteiger partial charge in [-0.3, -0.25) is 0 Å². The predicted octanol–water partition coefficient (Wildman–Crippen LogP) is 3.93. The normalized spacial score (nSPS) is 39.7. The standard InChI is InChI=1S/C15H32NO4P/c1-7-9-16(10-8-2)11-21(17-12(3)13(4)18-21)19-14(5)15(6)20-21/h12-15H,7-11H2,1-6H3/t12-,13-,14-,15+/m1/s1. The minimum absolute atomic E-state index is 0.00488. The molecule has 0 bridgehead atoms. The summed E-state index contributed by atoms with van der Waals surface area (Å²) in [5.41, 5.74) is 0. The van der Waals surface area contributed by atoms with E-state index in [0.717, 1.165) is 25.9 Å². The van der Waals surface area contributed by atoms with E-state index in [9.17, 15) is 0 Å². The van der Waals surface area contributed by atoms with Gasteiger partial charge in [0, 0.05) is 0 Å². The van der Waals surface area contributed by atoms with Gasteiger partial charge < -0.3 is 0 Å². The van der Waals surface area contributed by atoms with Gasteiger partial charge >= 0.3 is 129 Å². The Labute approximate surface area is 129 Å². The first-order valence-corrected chi connectivity index (χ1v) is 10.4. The summed E-state index contributed by atoms with van der Waals surface area (Å²) in [7, 11) is -3.47. The molecule has 2 heterocycles. The van der Waals surface area contributed by atoms with Crippen LogP contribution < -0.4 is 0 Å². The molecule has 4 atom stereocenters. The Bertz CT molecular complexity index is 310. The molecule has 21 heavy (non-hydrogen) atoms. The Hall–Kier alpha value is 0.230. The van der Waals surface area contributed by atoms with Gasteiger partial charge in [0.2, 0.25) is 0 Å². The average molecular weight is 321 g/mol. The molecular weight excluding hydrogens is 289 g/mol. The number of hydrogen-bond acceptors (Lipinski definition) is 5. The summed E-state index contributed by atoms with van der Waals surface area (Å²) in [6, 6.07) is 0. The molecule has 0 N–H and O–H groups in total. The van der Waals surface area contributed by atoms with Crippen LogP contribution in [0.2, 0.25) is 0 Å². The van der Waals surface area contributed by atoms with Crippen molar-refractivity contribution >= 4 is 7.51 Å². The van der Waals surface area contributed by atoms with Gasteiger partial charge in [-0.25, -0.2) is 0 Å². The van der Waals surface area contributed by atoms with Crippen LogP contribution in [0.25, 0.3) is 0 Å². The predicted molar refractivity (Wildman–Crippen MR) is 86.1 cm³/mol. The van der Waals surface area contributed by atoms with Gasteiger partial charge in [0.05, 0.1) is 0 Å². The molecule has 5 nitrogen and oxygen atoms in total. The molecule has 6 heteroatoms. The second-order valence-corrected chi connectivity index (χ2v) is 9.52. The van der Waals surface area contributed by atoms with Crippen LogP contribution in [0.3, 0.4) is 0 Å². The molecule has 1 spiro atoms. The van der Waals surface area contributed by atoms with E-state index in [4.69, 9.17) is 18.1 Å². The van der Waals surface area contributed by atoms with Crippen molar-refractivity contribution in [3.8, 4) is 0 Å². The van der Waals surface area contributed by atoms with Crippen molar-refractivity contribution < 1.29 is 18.1 Å². The van der Waals surface area contributed by atoms with Crippen LogP contribution in [0.15, 0.2) is 0 Å². The van der Waals surface area contributed by atoms with Crippen molar-refractivity contribution in [2.24, 2.45) is 0 Å². The third-order valence-corrected chi connectivity index (χ3v) is 8.13. The average Bonchev–Trinajstić information content (AvgIpc) is 2.75. The van der Waals surface area contributed by atoms with E-state index in [1.54, 1.807) is 0 Å². The van der Waals surface area contributed by atoms with Crippen molar-refractivity contribution in [3.05, 3.63) is 0 Å². The van der Waals surface area contributed by atoms with Crippen LogP contribution >= 0.6 is 7.51 Å². The first kappa shape index (κ1) is 17.6. The van der Waals surface area contributed by atoms with Crippen LogP contribution in [-0.2, 0) is 18.1 Å². The first-order chi connectivity index (χ1) is 9.83. The molecule has 0 aromatic carbocycles. The molecule has 2 rings (SSSR count). The van der Waals surface area contributed by atoms with E-state index >= 15 is 0 Å². The number of nitrogens with zero attached hydrogens (tertiary/aromatic N) is 1. The van der Waals surface area contributed by atoms with Crippen molar-refractivity contribution in [2.75, 3.05) is 19.4 Å². The zero-order chi connectivity index (χ0) is 15.7. The molecule has 0 amide bonds. The zero-order valence-electron chi connectivity index (χ0n) is 14.4. The van der Waals surface area contributed by atoms with Gasteiger partial charge in [0.1, 0.15) is 0 Å². The van der Waals surface area contributed by atoms with Crippen LogP contribution in [0, 0.1) is 0 Å². The number of rotatable bonds is 6. The topological polar surface area (TPSA) is 40.2 Å². The van der Waals surface area contributed by atoms with Crippen LogP contribution in [0.4, 0.5) is 0 Å². The van der Waals surface area contributed by atoms with E-state index < -0.39 is 7.51 Å². The first-order valence-electron chi connectivity index (χ1n) is 8.33. The molecule has 0 radical (unpaired) electrons. The molecule has 0 aliphatic carbocycles. The van der Waals surface area contributed by atoms with E-state index in [1.165, 1.54) is 0 Å². The summed E-state index contributed by atoms with van der Waals surface area (Å²) in [4.78, 5) is 2.37.